The normalized spacial score (nSPS) is 17.5. The van der Waals surface area contributed by atoms with E-state index >= 15 is 0 Å². The van der Waals surface area contributed by atoms with Gasteiger partial charge in [0, 0.05) is 18.3 Å². The van der Waals surface area contributed by atoms with Gasteiger partial charge in [-0.2, -0.15) is 5.10 Å². The van der Waals surface area contributed by atoms with E-state index in [2.05, 4.69) is 21.0 Å². The van der Waals surface area contributed by atoms with Crippen LogP contribution < -0.4 is 0 Å². The molecule has 0 N–H and O–H groups in total. The third-order valence-electron chi connectivity index (χ3n) is 4.23. The summed E-state index contributed by atoms with van der Waals surface area (Å²) in [6, 6.07) is 5.28. The predicted octanol–water partition coefficient (Wildman–Crippen LogP) is 4.10. The molecule has 0 spiro atoms. The summed E-state index contributed by atoms with van der Waals surface area (Å²) in [6.45, 7) is 2.61. The Morgan fingerprint density at radius 2 is 2.30 bits per heavy atom. The first-order chi connectivity index (χ1) is 11.0. The summed E-state index contributed by atoms with van der Waals surface area (Å²) in [6.07, 6.45) is 4.14. The summed E-state index contributed by atoms with van der Waals surface area (Å²) >= 11 is 9.45. The van der Waals surface area contributed by atoms with Crippen molar-refractivity contribution in [3.8, 4) is 0 Å². The highest BCUT2D eigenvalue weighted by atomic mass is 79.9. The fourth-order valence-electron chi connectivity index (χ4n) is 3.03. The minimum Gasteiger partial charge on any atom is -0.466 e. The SMILES string of the molecule is CC1c2occ(Br)c2CCN1C(=O)c1cc2ccc(Cl)cn2n1. The van der Waals surface area contributed by atoms with Crippen LogP contribution in [-0.4, -0.2) is 27.0 Å². The number of carbonyl (C=O) groups excluding carboxylic acids is 1. The van der Waals surface area contributed by atoms with E-state index in [0.29, 0.717) is 17.3 Å². The number of nitrogens with zero attached hydrogens (tertiary/aromatic N) is 3. The Balaban J connectivity index is 1.68. The van der Waals surface area contributed by atoms with Gasteiger partial charge in [-0.05, 0) is 47.5 Å². The van der Waals surface area contributed by atoms with Crippen molar-refractivity contribution in [2.24, 2.45) is 0 Å². The summed E-state index contributed by atoms with van der Waals surface area (Å²) < 4.78 is 8.20. The molecule has 1 atom stereocenters. The third-order valence-corrected chi connectivity index (χ3v) is 5.12. The van der Waals surface area contributed by atoms with Crippen LogP contribution in [-0.2, 0) is 6.42 Å². The Hall–Kier alpha value is -1.79. The van der Waals surface area contributed by atoms with Gasteiger partial charge in [-0.25, -0.2) is 4.52 Å². The van der Waals surface area contributed by atoms with Crippen molar-refractivity contribution in [1.29, 1.82) is 0 Å². The zero-order chi connectivity index (χ0) is 16.1. The summed E-state index contributed by atoms with van der Waals surface area (Å²) in [7, 11) is 0. The van der Waals surface area contributed by atoms with Gasteiger partial charge in [0.05, 0.1) is 21.1 Å². The fraction of sp³-hybridized carbons (Fsp3) is 0.250. The number of halogens is 2. The monoisotopic (exact) mass is 393 g/mol. The molecule has 0 aromatic carbocycles. The molecule has 118 valence electrons. The minimum atomic E-state index is -0.119. The molecule has 23 heavy (non-hydrogen) atoms. The maximum Gasteiger partial charge on any atom is 0.275 e. The van der Waals surface area contributed by atoms with Crippen LogP contribution in [0, 0.1) is 0 Å². The quantitative estimate of drug-likeness (QED) is 0.624. The molecule has 1 aliphatic rings. The second-order valence-electron chi connectivity index (χ2n) is 5.60. The third kappa shape index (κ3) is 2.37. The largest absolute Gasteiger partial charge is 0.466 e. The molecular formula is C16H13BrClN3O2. The number of aromatic nitrogens is 2. The first-order valence-electron chi connectivity index (χ1n) is 7.26. The molecule has 1 amide bonds. The van der Waals surface area contributed by atoms with Crippen molar-refractivity contribution in [2.45, 2.75) is 19.4 Å². The van der Waals surface area contributed by atoms with Gasteiger partial charge in [0.2, 0.25) is 0 Å². The van der Waals surface area contributed by atoms with E-state index in [1.165, 1.54) is 0 Å². The van der Waals surface area contributed by atoms with E-state index in [-0.39, 0.29) is 11.9 Å². The van der Waals surface area contributed by atoms with Gasteiger partial charge in [0.25, 0.3) is 5.91 Å². The van der Waals surface area contributed by atoms with Gasteiger partial charge in [-0.3, -0.25) is 4.79 Å². The van der Waals surface area contributed by atoms with Crippen LogP contribution in [0.25, 0.3) is 5.52 Å². The highest BCUT2D eigenvalue weighted by Gasteiger charge is 2.33. The maximum atomic E-state index is 12.8. The average Bonchev–Trinajstić information content (AvgIpc) is 3.11. The molecule has 0 fully saturated rings. The van der Waals surface area contributed by atoms with Gasteiger partial charge < -0.3 is 9.32 Å². The number of rotatable bonds is 1. The first-order valence-corrected chi connectivity index (χ1v) is 8.43. The zero-order valence-corrected chi connectivity index (χ0v) is 14.6. The van der Waals surface area contributed by atoms with Gasteiger partial charge in [-0.1, -0.05) is 11.6 Å². The van der Waals surface area contributed by atoms with Crippen molar-refractivity contribution >= 4 is 39.0 Å². The van der Waals surface area contributed by atoms with Crippen molar-refractivity contribution < 1.29 is 9.21 Å². The molecule has 0 bridgehead atoms. The molecule has 0 aliphatic carbocycles. The molecule has 0 saturated carbocycles. The average molecular weight is 395 g/mol. The zero-order valence-electron chi connectivity index (χ0n) is 12.3. The summed E-state index contributed by atoms with van der Waals surface area (Å²) in [4.78, 5) is 14.6. The predicted molar refractivity (Wildman–Crippen MR) is 89.8 cm³/mol. The highest BCUT2D eigenvalue weighted by molar-refractivity contribution is 9.10. The summed E-state index contributed by atoms with van der Waals surface area (Å²) in [5.41, 5.74) is 2.39. The molecule has 4 rings (SSSR count). The number of hydrogen-bond donors (Lipinski definition) is 0. The lowest BCUT2D eigenvalue weighted by Gasteiger charge is -2.32. The molecule has 7 heteroatoms. The standard InChI is InChI=1S/C16H13BrClN3O2/c1-9-15-12(13(17)8-23-15)4-5-20(9)16(22)14-6-11-3-2-10(18)7-21(11)19-14/h2-3,6-9H,4-5H2,1H3. The molecule has 1 unspecified atom stereocenters. The van der Waals surface area contributed by atoms with Gasteiger partial charge in [0.15, 0.2) is 5.69 Å². The van der Waals surface area contributed by atoms with E-state index in [0.717, 1.165) is 27.7 Å². The first kappa shape index (κ1) is 14.8. The van der Waals surface area contributed by atoms with Crippen LogP contribution in [0.15, 0.2) is 39.5 Å². The topological polar surface area (TPSA) is 50.8 Å². The Morgan fingerprint density at radius 1 is 1.48 bits per heavy atom. The number of amides is 1. The summed E-state index contributed by atoms with van der Waals surface area (Å²) in [5, 5.41) is 4.93. The van der Waals surface area contributed by atoms with E-state index in [4.69, 9.17) is 16.0 Å². The van der Waals surface area contributed by atoms with Crippen LogP contribution in [0.3, 0.4) is 0 Å². The second-order valence-corrected chi connectivity index (χ2v) is 6.89. The van der Waals surface area contributed by atoms with Gasteiger partial charge in [-0.15, -0.1) is 0 Å². The van der Waals surface area contributed by atoms with E-state index in [1.807, 2.05) is 13.0 Å². The lowest BCUT2D eigenvalue weighted by molar-refractivity contribution is 0.0646. The van der Waals surface area contributed by atoms with Gasteiger partial charge >= 0.3 is 0 Å². The molecule has 0 radical (unpaired) electrons. The fourth-order valence-corrected chi connectivity index (χ4v) is 3.67. The molecular weight excluding hydrogens is 382 g/mol. The summed E-state index contributed by atoms with van der Waals surface area (Å²) in [5.74, 6) is 0.735. The second kappa shape index (κ2) is 5.39. The molecule has 0 saturated heterocycles. The Bertz CT molecular complexity index is 917. The van der Waals surface area contributed by atoms with Crippen LogP contribution in [0.2, 0.25) is 5.02 Å². The molecule has 3 aromatic rings. The molecule has 4 heterocycles. The minimum absolute atomic E-state index is 0.101. The van der Waals surface area contributed by atoms with Crippen LogP contribution in [0.1, 0.15) is 34.8 Å². The van der Waals surface area contributed by atoms with E-state index in [1.54, 1.807) is 34.0 Å². The Kier molecular flexibility index (Phi) is 3.46. The number of fused-ring (bicyclic) bond motifs is 2. The van der Waals surface area contributed by atoms with Crippen molar-refractivity contribution in [2.75, 3.05) is 6.54 Å². The number of carbonyl (C=O) groups is 1. The Morgan fingerprint density at radius 3 is 3.13 bits per heavy atom. The molecule has 5 nitrogen and oxygen atoms in total. The maximum absolute atomic E-state index is 12.8. The smallest absolute Gasteiger partial charge is 0.275 e. The lowest BCUT2D eigenvalue weighted by atomic mass is 10.0. The highest BCUT2D eigenvalue weighted by Crippen LogP contribution is 2.35. The van der Waals surface area contributed by atoms with E-state index in [9.17, 15) is 4.79 Å². The van der Waals surface area contributed by atoms with Crippen LogP contribution in [0.4, 0.5) is 0 Å². The number of furan rings is 1. The number of pyridine rings is 1. The molecule has 3 aromatic heterocycles. The van der Waals surface area contributed by atoms with E-state index < -0.39 is 0 Å². The lowest BCUT2D eigenvalue weighted by Crippen LogP contribution is -2.38. The van der Waals surface area contributed by atoms with Crippen LogP contribution >= 0.6 is 27.5 Å². The van der Waals surface area contributed by atoms with Crippen molar-refractivity contribution in [1.82, 2.24) is 14.5 Å². The van der Waals surface area contributed by atoms with Crippen LogP contribution in [0.5, 0.6) is 0 Å². The number of hydrogen-bond acceptors (Lipinski definition) is 3. The van der Waals surface area contributed by atoms with Gasteiger partial charge in [0.1, 0.15) is 12.0 Å². The van der Waals surface area contributed by atoms with Crippen molar-refractivity contribution in [3.63, 3.8) is 0 Å². The Labute approximate surface area is 146 Å². The van der Waals surface area contributed by atoms with Crippen molar-refractivity contribution in [3.05, 3.63) is 57.2 Å². The molecule has 1 aliphatic heterocycles.